The van der Waals surface area contributed by atoms with Gasteiger partial charge in [0.2, 0.25) is 5.91 Å². The molecular formula is C25H25F3N6O2. The van der Waals surface area contributed by atoms with Crippen LogP contribution in [-0.4, -0.2) is 47.7 Å². The Bertz CT molecular complexity index is 1330. The first kappa shape index (κ1) is 23.9. The van der Waals surface area contributed by atoms with E-state index in [0.717, 1.165) is 42.4 Å². The Kier molecular flexibility index (Phi) is 6.17. The van der Waals surface area contributed by atoms with Gasteiger partial charge in [-0.05, 0) is 67.4 Å². The number of carbonyl (C=O) groups is 1. The summed E-state index contributed by atoms with van der Waals surface area (Å²) in [6.07, 6.45) is 2.32. The van der Waals surface area contributed by atoms with Crippen molar-refractivity contribution in [1.82, 2.24) is 15.5 Å². The molecule has 5 rings (SSSR count). The summed E-state index contributed by atoms with van der Waals surface area (Å²) in [6, 6.07) is 8.74. The maximum absolute atomic E-state index is 13.9. The molecule has 2 aromatic carbocycles. The number of alkyl halides is 3. The third kappa shape index (κ3) is 4.53. The van der Waals surface area contributed by atoms with Crippen LogP contribution in [0.25, 0.3) is 10.9 Å². The average molecular weight is 499 g/mol. The van der Waals surface area contributed by atoms with Gasteiger partial charge in [-0.2, -0.15) is 18.3 Å². The third-order valence-electron chi connectivity index (χ3n) is 6.59. The lowest BCUT2D eigenvalue weighted by molar-refractivity contribution is -0.138. The maximum atomic E-state index is 13.9. The average Bonchev–Trinajstić information content (AvgIpc) is 3.54. The lowest BCUT2D eigenvalue weighted by Crippen LogP contribution is -2.52. The smallest absolute Gasteiger partial charge is 0.416 e. The van der Waals surface area contributed by atoms with Crippen molar-refractivity contribution in [1.29, 1.82) is 0 Å². The highest BCUT2D eigenvalue weighted by Gasteiger charge is 2.47. The first-order chi connectivity index (χ1) is 17.3. The molecule has 2 aliphatic heterocycles. The Morgan fingerprint density at radius 3 is 2.86 bits per heavy atom. The molecule has 36 heavy (non-hydrogen) atoms. The zero-order chi connectivity index (χ0) is 25.3. The number of allylic oxidation sites excluding steroid dienone is 1. The minimum absolute atomic E-state index is 0.00901. The van der Waals surface area contributed by atoms with E-state index in [1.807, 2.05) is 6.07 Å². The molecule has 188 valence electrons. The van der Waals surface area contributed by atoms with Gasteiger partial charge < -0.3 is 21.1 Å². The monoisotopic (exact) mass is 498 g/mol. The van der Waals surface area contributed by atoms with Gasteiger partial charge in [0.1, 0.15) is 23.9 Å². The molecule has 2 aliphatic rings. The molecule has 0 spiro atoms. The van der Waals surface area contributed by atoms with Gasteiger partial charge in [0, 0.05) is 23.3 Å². The number of nitrogens with zero attached hydrogens (tertiary/aromatic N) is 2. The first-order valence-electron chi connectivity index (χ1n) is 11.6. The van der Waals surface area contributed by atoms with Crippen LogP contribution < -0.4 is 21.1 Å². The molecule has 1 amide bonds. The minimum Gasteiger partial charge on any atom is -0.492 e. The van der Waals surface area contributed by atoms with Gasteiger partial charge in [-0.25, -0.2) is 0 Å². The molecule has 11 heteroatoms. The van der Waals surface area contributed by atoms with Gasteiger partial charge in [0.15, 0.2) is 0 Å². The number of nitrogens with two attached hydrogens (primary N) is 1. The number of hydrogen-bond donors (Lipinski definition) is 4. The highest BCUT2D eigenvalue weighted by atomic mass is 19.4. The molecule has 1 aromatic heterocycles. The van der Waals surface area contributed by atoms with Crippen molar-refractivity contribution in [2.45, 2.75) is 36.6 Å². The molecule has 0 saturated carbocycles. The van der Waals surface area contributed by atoms with Gasteiger partial charge in [0.25, 0.3) is 0 Å². The van der Waals surface area contributed by atoms with Crippen molar-refractivity contribution >= 4 is 28.7 Å². The number of carbonyl (C=O) groups excluding carboxylic acids is 1. The molecule has 1 saturated heterocycles. The van der Waals surface area contributed by atoms with Crippen LogP contribution in [0.5, 0.6) is 5.75 Å². The topological polar surface area (TPSA) is 117 Å². The number of fused-ring (bicyclic) bond motifs is 1. The fourth-order valence-corrected chi connectivity index (χ4v) is 4.67. The molecule has 0 radical (unpaired) electrons. The van der Waals surface area contributed by atoms with Gasteiger partial charge in [-0.1, -0.05) is 6.08 Å². The summed E-state index contributed by atoms with van der Waals surface area (Å²) in [6.45, 7) is 1.05. The van der Waals surface area contributed by atoms with E-state index in [9.17, 15) is 18.0 Å². The summed E-state index contributed by atoms with van der Waals surface area (Å²) in [4.78, 5) is 17.4. The number of primary amides is 1. The minimum atomic E-state index is -4.66. The molecule has 3 heterocycles. The molecule has 0 aliphatic carbocycles. The SMILES string of the molecule is NC(=O)C1(c2cc(OCC3CCCN3)cc(C(F)(F)F)c2)C=CC=NC1Nc1ccc2cn[nH]c2c1. The van der Waals surface area contributed by atoms with E-state index in [2.05, 4.69) is 25.8 Å². The van der Waals surface area contributed by atoms with Crippen molar-refractivity contribution in [3.05, 3.63) is 65.9 Å². The number of aliphatic imine (C=N–C) groups is 1. The van der Waals surface area contributed by atoms with Crippen molar-refractivity contribution in [3.8, 4) is 5.75 Å². The van der Waals surface area contributed by atoms with E-state index in [1.165, 1.54) is 24.4 Å². The first-order valence-corrected chi connectivity index (χ1v) is 11.6. The predicted molar refractivity (Wildman–Crippen MR) is 130 cm³/mol. The van der Waals surface area contributed by atoms with Crippen LogP contribution in [0.3, 0.4) is 0 Å². The number of amides is 1. The number of benzene rings is 2. The Balaban J connectivity index is 1.55. The molecule has 0 bridgehead atoms. The van der Waals surface area contributed by atoms with Crippen molar-refractivity contribution in [2.24, 2.45) is 10.7 Å². The van der Waals surface area contributed by atoms with E-state index in [1.54, 1.807) is 18.3 Å². The zero-order valence-electron chi connectivity index (χ0n) is 19.2. The van der Waals surface area contributed by atoms with Crippen molar-refractivity contribution < 1.29 is 22.7 Å². The summed E-state index contributed by atoms with van der Waals surface area (Å²) in [5.74, 6) is -0.840. The Morgan fingerprint density at radius 2 is 2.11 bits per heavy atom. The van der Waals surface area contributed by atoms with E-state index in [-0.39, 0.29) is 24.0 Å². The van der Waals surface area contributed by atoms with Crippen LogP contribution in [0.2, 0.25) is 0 Å². The van der Waals surface area contributed by atoms with Gasteiger partial charge in [0.05, 0.1) is 17.3 Å². The summed E-state index contributed by atoms with van der Waals surface area (Å²) >= 11 is 0. The van der Waals surface area contributed by atoms with Crippen LogP contribution >= 0.6 is 0 Å². The molecule has 3 atom stereocenters. The lowest BCUT2D eigenvalue weighted by Gasteiger charge is -2.37. The van der Waals surface area contributed by atoms with E-state index in [0.29, 0.717) is 5.69 Å². The summed E-state index contributed by atoms with van der Waals surface area (Å²) in [5.41, 5.74) is 4.61. The molecule has 3 unspecified atom stereocenters. The number of H-pyrrole nitrogens is 1. The van der Waals surface area contributed by atoms with Crippen LogP contribution in [0.15, 0.2) is 59.7 Å². The molecular weight excluding hydrogens is 473 g/mol. The predicted octanol–water partition coefficient (Wildman–Crippen LogP) is 3.51. The second-order valence-corrected chi connectivity index (χ2v) is 8.96. The van der Waals surface area contributed by atoms with Crippen LogP contribution in [0.1, 0.15) is 24.0 Å². The van der Waals surface area contributed by atoms with E-state index < -0.39 is 29.2 Å². The molecule has 5 N–H and O–H groups in total. The van der Waals surface area contributed by atoms with Crippen LogP contribution in [-0.2, 0) is 16.4 Å². The normalized spacial score (nSPS) is 23.8. The Labute approximate surface area is 204 Å². The van der Waals surface area contributed by atoms with Gasteiger partial charge in [-0.3, -0.25) is 14.9 Å². The number of dihydropyridines is 1. The lowest BCUT2D eigenvalue weighted by atomic mass is 9.74. The van der Waals surface area contributed by atoms with Crippen LogP contribution in [0.4, 0.5) is 18.9 Å². The second-order valence-electron chi connectivity index (χ2n) is 8.96. The molecule has 1 fully saturated rings. The number of aromatic amines is 1. The second kappa shape index (κ2) is 9.30. The van der Waals surface area contributed by atoms with Crippen molar-refractivity contribution in [3.63, 3.8) is 0 Å². The Morgan fingerprint density at radius 1 is 1.25 bits per heavy atom. The van der Waals surface area contributed by atoms with Crippen molar-refractivity contribution in [2.75, 3.05) is 18.5 Å². The number of nitrogens with one attached hydrogen (secondary N) is 3. The quantitative estimate of drug-likeness (QED) is 0.398. The van der Waals surface area contributed by atoms with E-state index >= 15 is 0 Å². The number of rotatable bonds is 7. The highest BCUT2D eigenvalue weighted by molar-refractivity contribution is 5.94. The largest absolute Gasteiger partial charge is 0.492 e. The number of anilines is 1. The third-order valence-corrected chi connectivity index (χ3v) is 6.59. The standard InChI is InChI=1S/C25H25F3N6O2/c26-25(27,28)17-9-16(10-20(11-17)36-14-19-3-1-7-30-19)24(22(29)35)6-2-8-31-23(24)33-18-5-4-15-13-32-34-21(15)12-18/h2,4-6,8-13,19,23,30,33H,1,3,7,14H2,(H2,29,35)(H,32,34). The number of ether oxygens (including phenoxy) is 1. The van der Waals surface area contributed by atoms with E-state index in [4.69, 9.17) is 10.5 Å². The summed E-state index contributed by atoms with van der Waals surface area (Å²) < 4.78 is 47.4. The van der Waals surface area contributed by atoms with Crippen LogP contribution in [0, 0.1) is 0 Å². The highest BCUT2D eigenvalue weighted by Crippen LogP contribution is 2.40. The Hall–Kier alpha value is -3.86. The number of hydrogen-bond acceptors (Lipinski definition) is 6. The molecule has 8 nitrogen and oxygen atoms in total. The van der Waals surface area contributed by atoms with Gasteiger partial charge in [-0.15, -0.1) is 0 Å². The number of halogens is 3. The number of aromatic nitrogens is 2. The fourth-order valence-electron chi connectivity index (χ4n) is 4.67. The molecule has 3 aromatic rings. The maximum Gasteiger partial charge on any atom is 0.416 e. The summed E-state index contributed by atoms with van der Waals surface area (Å²) in [5, 5.41) is 14.1. The zero-order valence-corrected chi connectivity index (χ0v) is 19.2. The fraction of sp³-hybridized carbons (Fsp3) is 0.320. The van der Waals surface area contributed by atoms with Gasteiger partial charge >= 0.3 is 6.18 Å². The summed E-state index contributed by atoms with van der Waals surface area (Å²) in [7, 11) is 0.